The van der Waals surface area contributed by atoms with Crippen molar-refractivity contribution in [2.24, 2.45) is 0 Å². The summed E-state index contributed by atoms with van der Waals surface area (Å²) in [5, 5.41) is 5.18. The number of anilines is 2. The summed E-state index contributed by atoms with van der Waals surface area (Å²) in [4.78, 5) is 24.3. The third kappa shape index (κ3) is 3.49. The van der Waals surface area contributed by atoms with Gasteiger partial charge in [-0.25, -0.2) is 24.1 Å². The summed E-state index contributed by atoms with van der Waals surface area (Å²) in [6.07, 6.45) is 6.39. The highest BCUT2D eigenvalue weighted by Gasteiger charge is 2.06. The van der Waals surface area contributed by atoms with E-state index < -0.39 is 6.03 Å². The van der Waals surface area contributed by atoms with Crippen LogP contribution in [0.5, 0.6) is 0 Å². The fourth-order valence-corrected chi connectivity index (χ4v) is 1.93. The lowest BCUT2D eigenvalue weighted by Crippen LogP contribution is -2.19. The first-order valence-corrected chi connectivity index (χ1v) is 6.78. The zero-order valence-electron chi connectivity index (χ0n) is 12.2. The van der Waals surface area contributed by atoms with Crippen LogP contribution in [0.2, 0.25) is 0 Å². The van der Waals surface area contributed by atoms with Crippen molar-refractivity contribution < 1.29 is 9.18 Å². The number of urea groups is 1. The van der Waals surface area contributed by atoms with Gasteiger partial charge in [0.25, 0.3) is 0 Å². The molecule has 0 aliphatic rings. The molecule has 3 rings (SSSR count). The van der Waals surface area contributed by atoms with E-state index in [4.69, 9.17) is 0 Å². The molecular formula is C15H13FN6O. The summed E-state index contributed by atoms with van der Waals surface area (Å²) in [5.41, 5.74) is 0.918. The minimum atomic E-state index is -0.466. The molecule has 2 aromatic heterocycles. The molecule has 116 valence electrons. The van der Waals surface area contributed by atoms with Crippen LogP contribution in [-0.4, -0.2) is 25.6 Å². The number of aromatic nitrogens is 4. The third-order valence-corrected chi connectivity index (χ3v) is 3.04. The Kier molecular flexibility index (Phi) is 3.96. The lowest BCUT2D eigenvalue weighted by Gasteiger charge is -2.08. The maximum atomic E-state index is 12.8. The van der Waals surface area contributed by atoms with Gasteiger partial charge in [-0.05, 0) is 31.2 Å². The highest BCUT2D eigenvalue weighted by molar-refractivity contribution is 5.99. The first-order chi connectivity index (χ1) is 11.1. The summed E-state index contributed by atoms with van der Waals surface area (Å²) in [6, 6.07) is 5.00. The van der Waals surface area contributed by atoms with Crippen molar-refractivity contribution in [3.63, 3.8) is 0 Å². The molecule has 0 spiro atoms. The Morgan fingerprint density at radius 1 is 1.04 bits per heavy atom. The number of imidazole rings is 1. The first-order valence-electron chi connectivity index (χ1n) is 6.78. The van der Waals surface area contributed by atoms with Crippen molar-refractivity contribution in [3.8, 4) is 5.95 Å². The number of rotatable bonds is 3. The normalized spacial score (nSPS) is 10.3. The predicted octanol–water partition coefficient (Wildman–Crippen LogP) is 2.75. The van der Waals surface area contributed by atoms with Gasteiger partial charge in [0.05, 0.1) is 18.1 Å². The number of amides is 2. The molecule has 0 aliphatic heterocycles. The largest absolute Gasteiger partial charge is 0.323 e. The molecule has 0 radical (unpaired) electrons. The van der Waals surface area contributed by atoms with E-state index in [1.54, 1.807) is 17.0 Å². The minimum absolute atomic E-state index is 0.366. The van der Waals surface area contributed by atoms with Crippen LogP contribution >= 0.6 is 0 Å². The minimum Gasteiger partial charge on any atom is -0.308 e. The molecule has 0 unspecified atom stereocenters. The number of hydrogen-bond acceptors (Lipinski definition) is 4. The van der Waals surface area contributed by atoms with Crippen LogP contribution in [0, 0.1) is 12.7 Å². The van der Waals surface area contributed by atoms with Crippen molar-refractivity contribution in [3.05, 3.63) is 60.7 Å². The Morgan fingerprint density at radius 3 is 2.30 bits per heavy atom. The van der Waals surface area contributed by atoms with Crippen molar-refractivity contribution in [1.82, 2.24) is 19.5 Å². The van der Waals surface area contributed by atoms with Gasteiger partial charge in [0.2, 0.25) is 5.95 Å². The maximum absolute atomic E-state index is 12.8. The lowest BCUT2D eigenvalue weighted by molar-refractivity contribution is 0.262. The molecule has 2 N–H and O–H groups in total. The van der Waals surface area contributed by atoms with Crippen LogP contribution in [-0.2, 0) is 0 Å². The molecule has 0 fully saturated rings. The number of hydrogen-bond donors (Lipinski definition) is 2. The average Bonchev–Trinajstić information content (AvgIpc) is 2.96. The number of halogens is 1. The van der Waals surface area contributed by atoms with Crippen molar-refractivity contribution in [1.29, 1.82) is 0 Å². The quantitative estimate of drug-likeness (QED) is 0.779. The van der Waals surface area contributed by atoms with Crippen LogP contribution in [0.1, 0.15) is 5.82 Å². The number of carbonyl (C=O) groups excluding carboxylic acids is 1. The predicted molar refractivity (Wildman–Crippen MR) is 82.9 cm³/mol. The molecule has 0 saturated heterocycles. The lowest BCUT2D eigenvalue weighted by atomic mass is 10.3. The van der Waals surface area contributed by atoms with Gasteiger partial charge >= 0.3 is 6.03 Å². The molecule has 23 heavy (non-hydrogen) atoms. The molecule has 2 amide bonds. The molecule has 0 atom stereocenters. The van der Waals surface area contributed by atoms with E-state index in [0.717, 1.165) is 5.82 Å². The molecule has 3 aromatic rings. The molecule has 0 saturated carbocycles. The molecule has 7 nitrogen and oxygen atoms in total. The van der Waals surface area contributed by atoms with Gasteiger partial charge in [-0.3, -0.25) is 4.57 Å². The standard InChI is InChI=1S/C15H13FN6O/c1-10-17-6-7-22(10)14-18-8-13(9-19-14)21-15(23)20-12-4-2-11(16)3-5-12/h2-9H,1H3,(H2,20,21,23). The summed E-state index contributed by atoms with van der Waals surface area (Å²) in [6.45, 7) is 1.84. The number of benzene rings is 1. The molecule has 0 bridgehead atoms. The molecule has 0 aliphatic carbocycles. The van der Waals surface area contributed by atoms with Gasteiger partial charge in [0, 0.05) is 18.1 Å². The number of nitrogens with zero attached hydrogens (tertiary/aromatic N) is 4. The van der Waals surface area contributed by atoms with Crippen molar-refractivity contribution >= 4 is 17.4 Å². The monoisotopic (exact) mass is 312 g/mol. The van der Waals surface area contributed by atoms with Gasteiger partial charge in [-0.2, -0.15) is 0 Å². The van der Waals surface area contributed by atoms with Crippen LogP contribution in [0.25, 0.3) is 5.95 Å². The molecular weight excluding hydrogens is 299 g/mol. The summed E-state index contributed by atoms with van der Waals surface area (Å²) in [5.74, 6) is 0.860. The fourth-order valence-electron chi connectivity index (χ4n) is 1.93. The Labute approximate surface area is 131 Å². The number of carbonyl (C=O) groups is 1. The third-order valence-electron chi connectivity index (χ3n) is 3.04. The van der Waals surface area contributed by atoms with Crippen LogP contribution < -0.4 is 10.6 Å². The summed E-state index contributed by atoms with van der Waals surface area (Å²) in [7, 11) is 0. The fraction of sp³-hybridized carbons (Fsp3) is 0.0667. The Balaban J connectivity index is 1.65. The smallest absolute Gasteiger partial charge is 0.308 e. The first kappa shape index (κ1) is 14.6. The highest BCUT2D eigenvalue weighted by atomic mass is 19.1. The summed E-state index contributed by atoms with van der Waals surface area (Å²) < 4.78 is 14.5. The van der Waals surface area contributed by atoms with Crippen LogP contribution in [0.3, 0.4) is 0 Å². The van der Waals surface area contributed by atoms with E-state index in [-0.39, 0.29) is 5.82 Å². The van der Waals surface area contributed by atoms with Gasteiger partial charge in [-0.15, -0.1) is 0 Å². The summed E-state index contributed by atoms with van der Waals surface area (Å²) >= 11 is 0. The average molecular weight is 312 g/mol. The second-order valence-electron chi connectivity index (χ2n) is 4.70. The molecule has 1 aromatic carbocycles. The highest BCUT2D eigenvalue weighted by Crippen LogP contribution is 2.11. The SMILES string of the molecule is Cc1nccn1-c1ncc(NC(=O)Nc2ccc(F)cc2)cn1. The Bertz CT molecular complexity index is 813. The van der Waals surface area contributed by atoms with Crippen molar-refractivity contribution in [2.45, 2.75) is 6.92 Å². The Hall–Kier alpha value is -3.29. The molecule has 2 heterocycles. The maximum Gasteiger partial charge on any atom is 0.323 e. The van der Waals surface area contributed by atoms with E-state index in [0.29, 0.717) is 17.3 Å². The van der Waals surface area contributed by atoms with Crippen LogP contribution in [0.15, 0.2) is 49.1 Å². The zero-order chi connectivity index (χ0) is 16.2. The second-order valence-corrected chi connectivity index (χ2v) is 4.70. The zero-order valence-corrected chi connectivity index (χ0v) is 12.2. The van der Waals surface area contributed by atoms with E-state index in [2.05, 4.69) is 25.6 Å². The van der Waals surface area contributed by atoms with Gasteiger partial charge in [0.15, 0.2) is 0 Å². The van der Waals surface area contributed by atoms with E-state index in [1.807, 2.05) is 6.92 Å². The number of aryl methyl sites for hydroxylation is 1. The van der Waals surface area contributed by atoms with Crippen LogP contribution in [0.4, 0.5) is 20.6 Å². The van der Waals surface area contributed by atoms with E-state index in [1.165, 1.54) is 36.7 Å². The van der Waals surface area contributed by atoms with E-state index in [9.17, 15) is 9.18 Å². The van der Waals surface area contributed by atoms with E-state index >= 15 is 0 Å². The molecule has 8 heteroatoms. The number of nitrogens with one attached hydrogen (secondary N) is 2. The van der Waals surface area contributed by atoms with Crippen molar-refractivity contribution in [2.75, 3.05) is 10.6 Å². The topological polar surface area (TPSA) is 84.7 Å². The van der Waals surface area contributed by atoms with Gasteiger partial charge in [-0.1, -0.05) is 0 Å². The second kappa shape index (κ2) is 6.22. The van der Waals surface area contributed by atoms with Gasteiger partial charge in [0.1, 0.15) is 11.6 Å². The Morgan fingerprint density at radius 2 is 1.70 bits per heavy atom. The van der Waals surface area contributed by atoms with Gasteiger partial charge < -0.3 is 10.6 Å².